The summed E-state index contributed by atoms with van der Waals surface area (Å²) in [6.45, 7) is 0.714. The number of nitrogens with zero attached hydrogens (tertiary/aromatic N) is 2. The molecule has 172 valence electrons. The molecule has 0 saturated heterocycles. The summed E-state index contributed by atoms with van der Waals surface area (Å²) in [6, 6.07) is 8.26. The van der Waals surface area contributed by atoms with Gasteiger partial charge in [-0.1, -0.05) is 18.0 Å². The summed E-state index contributed by atoms with van der Waals surface area (Å²) in [5.74, 6) is -0.741. The Bertz CT molecular complexity index is 1340. The van der Waals surface area contributed by atoms with E-state index in [4.69, 9.17) is 16.3 Å². The van der Waals surface area contributed by atoms with Crippen LogP contribution in [0.2, 0.25) is 5.02 Å². The molecule has 1 saturated carbocycles. The molecular formula is C22H20ClFN4O4S. The minimum atomic E-state index is -4.25. The number of carbonyl (C=O) groups excluding carboxylic acids is 1. The van der Waals surface area contributed by atoms with Gasteiger partial charge in [-0.25, -0.2) is 12.8 Å². The van der Waals surface area contributed by atoms with Gasteiger partial charge in [0.1, 0.15) is 23.1 Å². The molecule has 2 N–H and O–H groups in total. The SMILES string of the molecule is O=C1Nc2c(OCCn3cccn3)cc(NS(=O)(=O)c3ccc(Cl)cc3F)cc2C12CCC2. The van der Waals surface area contributed by atoms with Crippen LogP contribution in [0.3, 0.4) is 0 Å². The maximum atomic E-state index is 14.3. The van der Waals surface area contributed by atoms with E-state index in [-0.39, 0.29) is 23.2 Å². The Balaban J connectivity index is 1.49. The van der Waals surface area contributed by atoms with E-state index in [1.807, 2.05) is 0 Å². The Morgan fingerprint density at radius 2 is 2.09 bits per heavy atom. The molecule has 1 aromatic heterocycles. The summed E-state index contributed by atoms with van der Waals surface area (Å²) < 4.78 is 50.1. The first-order chi connectivity index (χ1) is 15.8. The molecule has 3 aromatic rings. The number of amides is 1. The highest BCUT2D eigenvalue weighted by molar-refractivity contribution is 7.92. The van der Waals surface area contributed by atoms with Crippen LogP contribution < -0.4 is 14.8 Å². The number of benzene rings is 2. The van der Waals surface area contributed by atoms with Gasteiger partial charge in [-0.15, -0.1) is 0 Å². The van der Waals surface area contributed by atoms with Crippen molar-refractivity contribution in [1.82, 2.24) is 9.78 Å². The highest BCUT2D eigenvalue weighted by Crippen LogP contribution is 2.54. The van der Waals surface area contributed by atoms with Crippen LogP contribution >= 0.6 is 11.6 Å². The smallest absolute Gasteiger partial charge is 0.264 e. The van der Waals surface area contributed by atoms with Gasteiger partial charge in [0.05, 0.1) is 23.3 Å². The minimum Gasteiger partial charge on any atom is -0.489 e. The van der Waals surface area contributed by atoms with Crippen molar-refractivity contribution >= 4 is 38.9 Å². The van der Waals surface area contributed by atoms with E-state index in [2.05, 4.69) is 15.1 Å². The van der Waals surface area contributed by atoms with Crippen LogP contribution in [0.25, 0.3) is 0 Å². The Hall–Kier alpha value is -3.11. The average Bonchev–Trinajstić information content (AvgIpc) is 3.32. The number of sulfonamides is 1. The van der Waals surface area contributed by atoms with Gasteiger partial charge in [0.2, 0.25) is 5.91 Å². The minimum absolute atomic E-state index is 0.0911. The highest BCUT2D eigenvalue weighted by atomic mass is 35.5. The van der Waals surface area contributed by atoms with E-state index in [1.54, 1.807) is 29.2 Å². The standard InChI is InChI=1S/C22H20ClFN4O4S/c23-14-3-4-19(17(24)11-14)33(30,31)27-15-12-16-20(26-21(29)22(16)5-1-6-22)18(13-15)32-10-9-28-8-2-7-25-28/h2-4,7-8,11-13,27H,1,5-6,9-10H2,(H,26,29). The van der Waals surface area contributed by atoms with E-state index in [9.17, 15) is 17.6 Å². The molecule has 2 heterocycles. The molecule has 0 atom stereocenters. The maximum Gasteiger partial charge on any atom is 0.264 e. The van der Waals surface area contributed by atoms with Crippen molar-refractivity contribution in [3.05, 3.63) is 65.2 Å². The summed E-state index contributed by atoms with van der Waals surface area (Å²) in [6.07, 6.45) is 5.68. The van der Waals surface area contributed by atoms with E-state index >= 15 is 0 Å². The number of hydrogen-bond donors (Lipinski definition) is 2. The van der Waals surface area contributed by atoms with Crippen molar-refractivity contribution in [2.75, 3.05) is 16.6 Å². The van der Waals surface area contributed by atoms with Crippen molar-refractivity contribution in [1.29, 1.82) is 0 Å². The number of carbonyl (C=O) groups is 1. The van der Waals surface area contributed by atoms with Crippen LogP contribution in [-0.4, -0.2) is 30.7 Å². The molecule has 1 aliphatic carbocycles. The zero-order valence-electron chi connectivity index (χ0n) is 17.3. The maximum absolute atomic E-state index is 14.3. The third kappa shape index (κ3) is 3.83. The monoisotopic (exact) mass is 490 g/mol. The fourth-order valence-corrected chi connectivity index (χ4v) is 5.52. The number of rotatable bonds is 7. The lowest BCUT2D eigenvalue weighted by molar-refractivity contribution is -0.123. The predicted molar refractivity (Wildman–Crippen MR) is 121 cm³/mol. The van der Waals surface area contributed by atoms with Gasteiger partial charge in [-0.3, -0.25) is 14.2 Å². The first kappa shape index (κ1) is 21.7. The average molecular weight is 491 g/mol. The van der Waals surface area contributed by atoms with E-state index in [1.165, 1.54) is 12.1 Å². The van der Waals surface area contributed by atoms with Crippen LogP contribution in [0.5, 0.6) is 5.75 Å². The molecule has 8 nitrogen and oxygen atoms in total. The molecule has 33 heavy (non-hydrogen) atoms. The lowest BCUT2D eigenvalue weighted by Gasteiger charge is -2.36. The second-order valence-corrected chi connectivity index (χ2v) is 10.2. The first-order valence-corrected chi connectivity index (χ1v) is 12.2. The number of nitrogens with one attached hydrogen (secondary N) is 2. The summed E-state index contributed by atoms with van der Waals surface area (Å²) >= 11 is 5.75. The van der Waals surface area contributed by atoms with Crippen LogP contribution in [0.1, 0.15) is 24.8 Å². The number of hydrogen-bond acceptors (Lipinski definition) is 5. The number of fused-ring (bicyclic) bond motifs is 2. The van der Waals surface area contributed by atoms with Gasteiger partial charge >= 0.3 is 0 Å². The number of ether oxygens (including phenoxy) is 1. The van der Waals surface area contributed by atoms with Gasteiger partial charge in [0.25, 0.3) is 10.0 Å². The van der Waals surface area contributed by atoms with E-state index in [0.717, 1.165) is 18.6 Å². The van der Waals surface area contributed by atoms with Crippen LogP contribution in [0, 0.1) is 5.82 Å². The normalized spacial score (nSPS) is 16.2. The molecule has 2 aliphatic rings. The summed E-state index contributed by atoms with van der Waals surface area (Å²) in [7, 11) is -4.25. The lowest BCUT2D eigenvalue weighted by Crippen LogP contribution is -2.40. The zero-order chi connectivity index (χ0) is 23.2. The van der Waals surface area contributed by atoms with Gasteiger partial charge in [-0.05, 0) is 48.7 Å². The second-order valence-electron chi connectivity index (χ2n) is 8.08. The van der Waals surface area contributed by atoms with Crippen molar-refractivity contribution in [2.24, 2.45) is 0 Å². The van der Waals surface area contributed by atoms with Crippen molar-refractivity contribution < 1.29 is 22.3 Å². The Morgan fingerprint density at radius 3 is 2.76 bits per heavy atom. The third-order valence-electron chi connectivity index (χ3n) is 6.07. The summed E-state index contributed by atoms with van der Waals surface area (Å²) in [5.41, 5.74) is 0.716. The molecule has 0 bridgehead atoms. The fourth-order valence-electron chi connectivity index (χ4n) is 4.26. The Morgan fingerprint density at radius 1 is 1.27 bits per heavy atom. The van der Waals surface area contributed by atoms with Crippen molar-refractivity contribution in [3.63, 3.8) is 0 Å². The van der Waals surface area contributed by atoms with Crippen LogP contribution in [-0.2, 0) is 26.8 Å². The van der Waals surface area contributed by atoms with Gasteiger partial charge in [0, 0.05) is 23.5 Å². The molecular weight excluding hydrogens is 471 g/mol. The van der Waals surface area contributed by atoms with Gasteiger partial charge in [0.15, 0.2) is 0 Å². The molecule has 1 aliphatic heterocycles. The molecule has 0 unspecified atom stereocenters. The molecule has 1 fully saturated rings. The van der Waals surface area contributed by atoms with Crippen LogP contribution in [0.15, 0.2) is 53.7 Å². The summed E-state index contributed by atoms with van der Waals surface area (Å²) in [4.78, 5) is 12.2. The van der Waals surface area contributed by atoms with E-state index < -0.39 is 26.2 Å². The highest BCUT2D eigenvalue weighted by Gasteiger charge is 2.52. The van der Waals surface area contributed by atoms with Gasteiger partial charge in [-0.2, -0.15) is 5.10 Å². The van der Waals surface area contributed by atoms with E-state index in [0.29, 0.717) is 36.4 Å². The largest absolute Gasteiger partial charge is 0.489 e. The van der Waals surface area contributed by atoms with Crippen molar-refractivity contribution in [2.45, 2.75) is 36.1 Å². The molecule has 2 aromatic carbocycles. The molecule has 11 heteroatoms. The fraction of sp³-hybridized carbons (Fsp3) is 0.273. The predicted octanol–water partition coefficient (Wildman–Crippen LogP) is 3.93. The molecule has 0 radical (unpaired) electrons. The quantitative estimate of drug-likeness (QED) is 0.522. The Kier molecular flexibility index (Phi) is 5.29. The number of aromatic nitrogens is 2. The topological polar surface area (TPSA) is 102 Å². The lowest BCUT2D eigenvalue weighted by atomic mass is 9.65. The zero-order valence-corrected chi connectivity index (χ0v) is 18.9. The Labute approximate surface area is 194 Å². The third-order valence-corrected chi connectivity index (χ3v) is 7.72. The summed E-state index contributed by atoms with van der Waals surface area (Å²) in [5, 5.41) is 7.11. The van der Waals surface area contributed by atoms with Crippen LogP contribution in [0.4, 0.5) is 15.8 Å². The molecule has 1 spiro atoms. The van der Waals surface area contributed by atoms with Gasteiger partial charge < -0.3 is 10.1 Å². The number of anilines is 2. The van der Waals surface area contributed by atoms with Crippen molar-refractivity contribution in [3.8, 4) is 5.75 Å². The number of halogens is 2. The second kappa shape index (κ2) is 8.03. The first-order valence-electron chi connectivity index (χ1n) is 10.4. The molecule has 5 rings (SSSR count). The molecule has 1 amide bonds.